The van der Waals surface area contributed by atoms with Crippen molar-refractivity contribution in [3.8, 4) is 0 Å². The van der Waals surface area contributed by atoms with Crippen LogP contribution >= 0.6 is 0 Å². The monoisotopic (exact) mass is 279 g/mol. The van der Waals surface area contributed by atoms with E-state index in [4.69, 9.17) is 29.4 Å². The van der Waals surface area contributed by atoms with Crippen molar-refractivity contribution in [1.82, 2.24) is 0 Å². The second-order valence-corrected chi connectivity index (χ2v) is 3.94. The molecule has 0 aromatic rings. The number of unbranched alkanes of at least 4 members (excludes halogenated alkanes) is 1. The zero-order valence-electron chi connectivity index (χ0n) is 12.1. The molecule has 0 radical (unpaired) electrons. The first-order valence-corrected chi connectivity index (χ1v) is 6.91. The van der Waals surface area contributed by atoms with Crippen LogP contribution in [0, 0.1) is 0 Å². The van der Waals surface area contributed by atoms with E-state index in [1.165, 1.54) is 0 Å². The van der Waals surface area contributed by atoms with E-state index in [9.17, 15) is 0 Å². The van der Waals surface area contributed by atoms with Crippen LogP contribution in [0.1, 0.15) is 12.8 Å². The number of methoxy groups -OCH3 is 1. The minimum Gasteiger partial charge on any atom is -0.382 e. The Morgan fingerprint density at radius 3 is 1.47 bits per heavy atom. The molecule has 2 N–H and O–H groups in total. The average molecular weight is 279 g/mol. The summed E-state index contributed by atoms with van der Waals surface area (Å²) in [4.78, 5) is 0. The van der Waals surface area contributed by atoms with Gasteiger partial charge in [-0.3, -0.25) is 0 Å². The van der Waals surface area contributed by atoms with E-state index in [0.29, 0.717) is 52.8 Å². The first-order chi connectivity index (χ1) is 9.41. The molecule has 0 bridgehead atoms. The van der Waals surface area contributed by atoms with Crippen molar-refractivity contribution in [2.45, 2.75) is 12.8 Å². The summed E-state index contributed by atoms with van der Waals surface area (Å²) in [6.07, 6.45) is 2.00. The van der Waals surface area contributed by atoms with E-state index in [0.717, 1.165) is 26.1 Å². The van der Waals surface area contributed by atoms with Crippen molar-refractivity contribution >= 4 is 0 Å². The molecule has 0 heterocycles. The lowest BCUT2D eigenvalue weighted by Crippen LogP contribution is -2.12. The normalized spacial score (nSPS) is 11.1. The second-order valence-electron chi connectivity index (χ2n) is 3.94. The van der Waals surface area contributed by atoms with Gasteiger partial charge in [-0.2, -0.15) is 0 Å². The maximum atomic E-state index is 5.41. The van der Waals surface area contributed by atoms with Crippen LogP contribution in [0.4, 0.5) is 0 Å². The Bertz CT molecular complexity index is 144. The maximum absolute atomic E-state index is 5.41. The van der Waals surface area contributed by atoms with Gasteiger partial charge >= 0.3 is 0 Å². The Balaban J connectivity index is 2.88. The standard InChI is InChI=1S/C13H29NO5/c1-15-8-9-19-13-11-17-6-3-2-5-16-10-12-18-7-4-14/h2-14H2,1H3. The summed E-state index contributed by atoms with van der Waals surface area (Å²) in [5.41, 5.74) is 5.29. The van der Waals surface area contributed by atoms with E-state index in [1.807, 2.05) is 0 Å². The van der Waals surface area contributed by atoms with Crippen LogP contribution < -0.4 is 5.73 Å². The fraction of sp³-hybridized carbons (Fsp3) is 1.00. The summed E-state index contributed by atoms with van der Waals surface area (Å²) in [7, 11) is 1.66. The zero-order valence-corrected chi connectivity index (χ0v) is 12.1. The smallest absolute Gasteiger partial charge is 0.0701 e. The highest BCUT2D eigenvalue weighted by atomic mass is 16.5. The summed E-state index contributed by atoms with van der Waals surface area (Å²) in [5.74, 6) is 0. The lowest BCUT2D eigenvalue weighted by Gasteiger charge is -2.06. The van der Waals surface area contributed by atoms with Crippen molar-refractivity contribution in [2.75, 3.05) is 73.1 Å². The number of hydrogen-bond donors (Lipinski definition) is 1. The van der Waals surface area contributed by atoms with Gasteiger partial charge in [-0.05, 0) is 12.8 Å². The molecule has 0 aliphatic heterocycles. The number of ether oxygens (including phenoxy) is 5. The molecule has 0 spiro atoms. The van der Waals surface area contributed by atoms with Gasteiger partial charge < -0.3 is 29.4 Å². The molecular formula is C13H29NO5. The summed E-state index contributed by atoms with van der Waals surface area (Å²) < 4.78 is 26.1. The molecular weight excluding hydrogens is 250 g/mol. The highest BCUT2D eigenvalue weighted by molar-refractivity contribution is 4.40. The predicted molar refractivity (Wildman–Crippen MR) is 73.4 cm³/mol. The highest BCUT2D eigenvalue weighted by Gasteiger charge is 1.93. The molecule has 0 amide bonds. The van der Waals surface area contributed by atoms with Gasteiger partial charge in [0.2, 0.25) is 0 Å². The Kier molecular flexibility index (Phi) is 17.5. The minimum atomic E-state index is 0.562. The van der Waals surface area contributed by atoms with Crippen LogP contribution in [0.15, 0.2) is 0 Å². The fourth-order valence-electron chi connectivity index (χ4n) is 1.28. The maximum Gasteiger partial charge on any atom is 0.0701 e. The minimum absolute atomic E-state index is 0.562. The Morgan fingerprint density at radius 1 is 0.579 bits per heavy atom. The van der Waals surface area contributed by atoms with Crippen LogP contribution in [0.3, 0.4) is 0 Å². The lowest BCUT2D eigenvalue weighted by molar-refractivity contribution is 0.0203. The van der Waals surface area contributed by atoms with Gasteiger partial charge in [-0.15, -0.1) is 0 Å². The van der Waals surface area contributed by atoms with E-state index in [2.05, 4.69) is 0 Å². The largest absolute Gasteiger partial charge is 0.382 e. The van der Waals surface area contributed by atoms with Crippen LogP contribution in [-0.2, 0) is 23.7 Å². The molecule has 6 heteroatoms. The number of nitrogens with two attached hydrogens (primary N) is 1. The quantitative estimate of drug-likeness (QED) is 0.413. The third kappa shape index (κ3) is 17.8. The molecule has 0 fully saturated rings. The lowest BCUT2D eigenvalue weighted by atomic mass is 10.3. The topological polar surface area (TPSA) is 72.2 Å². The van der Waals surface area contributed by atoms with E-state index < -0.39 is 0 Å². The molecule has 0 aromatic carbocycles. The van der Waals surface area contributed by atoms with Gasteiger partial charge in [0, 0.05) is 26.9 Å². The average Bonchev–Trinajstić information content (AvgIpc) is 2.43. The number of rotatable bonds is 16. The predicted octanol–water partition coefficient (Wildman–Crippen LogP) is 0.438. The first kappa shape index (κ1) is 18.8. The highest BCUT2D eigenvalue weighted by Crippen LogP contribution is 1.92. The van der Waals surface area contributed by atoms with Crippen molar-refractivity contribution in [2.24, 2.45) is 5.73 Å². The van der Waals surface area contributed by atoms with Crippen LogP contribution in [0.5, 0.6) is 0 Å². The Morgan fingerprint density at radius 2 is 1.00 bits per heavy atom. The molecule has 0 unspecified atom stereocenters. The van der Waals surface area contributed by atoms with Crippen LogP contribution in [0.2, 0.25) is 0 Å². The second kappa shape index (κ2) is 17.8. The molecule has 116 valence electrons. The van der Waals surface area contributed by atoms with Gasteiger partial charge in [0.1, 0.15) is 0 Å². The third-order valence-electron chi connectivity index (χ3n) is 2.27. The summed E-state index contributed by atoms with van der Waals surface area (Å²) in [5, 5.41) is 0. The van der Waals surface area contributed by atoms with Gasteiger partial charge in [-0.25, -0.2) is 0 Å². The molecule has 0 saturated carbocycles. The van der Waals surface area contributed by atoms with Crippen molar-refractivity contribution < 1.29 is 23.7 Å². The fourth-order valence-corrected chi connectivity index (χ4v) is 1.28. The molecule has 0 rings (SSSR count). The zero-order chi connectivity index (χ0) is 14.0. The van der Waals surface area contributed by atoms with Gasteiger partial charge in [-0.1, -0.05) is 0 Å². The molecule has 6 nitrogen and oxygen atoms in total. The molecule has 0 aliphatic carbocycles. The van der Waals surface area contributed by atoms with Crippen molar-refractivity contribution in [3.05, 3.63) is 0 Å². The molecule has 0 saturated heterocycles. The van der Waals surface area contributed by atoms with Crippen molar-refractivity contribution in [1.29, 1.82) is 0 Å². The van der Waals surface area contributed by atoms with Gasteiger partial charge in [0.05, 0.1) is 46.2 Å². The molecule has 0 atom stereocenters. The van der Waals surface area contributed by atoms with Crippen LogP contribution in [0.25, 0.3) is 0 Å². The summed E-state index contributed by atoms with van der Waals surface area (Å²) in [6.45, 7) is 6.43. The van der Waals surface area contributed by atoms with E-state index in [-0.39, 0.29) is 0 Å². The molecule has 0 aromatic heterocycles. The van der Waals surface area contributed by atoms with Crippen molar-refractivity contribution in [3.63, 3.8) is 0 Å². The van der Waals surface area contributed by atoms with Crippen LogP contribution in [-0.4, -0.2) is 73.1 Å². The van der Waals surface area contributed by atoms with E-state index >= 15 is 0 Å². The Hall–Kier alpha value is -0.240. The third-order valence-corrected chi connectivity index (χ3v) is 2.27. The first-order valence-electron chi connectivity index (χ1n) is 6.91. The number of hydrogen-bond acceptors (Lipinski definition) is 6. The SMILES string of the molecule is COCCOCCOCCCCOCCOCCN. The van der Waals surface area contributed by atoms with Gasteiger partial charge in [0.15, 0.2) is 0 Å². The Labute approximate surface area is 116 Å². The van der Waals surface area contributed by atoms with Gasteiger partial charge in [0.25, 0.3) is 0 Å². The molecule has 0 aliphatic rings. The summed E-state index contributed by atoms with van der Waals surface area (Å²) in [6, 6.07) is 0. The summed E-state index contributed by atoms with van der Waals surface area (Å²) >= 11 is 0. The van der Waals surface area contributed by atoms with E-state index in [1.54, 1.807) is 7.11 Å². The molecule has 19 heavy (non-hydrogen) atoms.